The van der Waals surface area contributed by atoms with E-state index in [9.17, 15) is 9.59 Å². The Balaban J connectivity index is 4.52. The first-order valence-electron chi connectivity index (χ1n) is 3.44. The van der Waals surface area contributed by atoms with E-state index in [2.05, 4.69) is 4.74 Å². The number of hydrogen-bond donors (Lipinski definition) is 1. The van der Waals surface area contributed by atoms with Gasteiger partial charge in [-0.25, -0.2) is 4.79 Å². The van der Waals surface area contributed by atoms with Crippen molar-refractivity contribution in [2.75, 3.05) is 12.9 Å². The molecule has 12 heavy (non-hydrogen) atoms. The molecular formula is C7H12O4S. The SMILES string of the molecule is CCOC(=O)C(C)(SC)C(=O)O. The largest absolute Gasteiger partial charge is 0.480 e. The lowest BCUT2D eigenvalue weighted by Gasteiger charge is -2.19. The van der Waals surface area contributed by atoms with E-state index in [4.69, 9.17) is 5.11 Å². The minimum Gasteiger partial charge on any atom is -0.480 e. The quantitative estimate of drug-likeness (QED) is 0.526. The maximum atomic E-state index is 11.1. The van der Waals surface area contributed by atoms with Crippen molar-refractivity contribution in [3.63, 3.8) is 0 Å². The highest BCUT2D eigenvalue weighted by molar-refractivity contribution is 8.01. The Morgan fingerprint density at radius 2 is 2.08 bits per heavy atom. The number of carbonyl (C=O) groups is 2. The highest BCUT2D eigenvalue weighted by Crippen LogP contribution is 2.23. The monoisotopic (exact) mass is 192 g/mol. The number of hydrogen-bond acceptors (Lipinski definition) is 4. The Morgan fingerprint density at radius 3 is 2.33 bits per heavy atom. The summed E-state index contributed by atoms with van der Waals surface area (Å²) in [5.41, 5.74) is 0. The van der Waals surface area contributed by atoms with Crippen LogP contribution in [-0.4, -0.2) is 34.7 Å². The summed E-state index contributed by atoms with van der Waals surface area (Å²) < 4.78 is 3.14. The van der Waals surface area contributed by atoms with Crippen LogP contribution in [0.1, 0.15) is 13.8 Å². The van der Waals surface area contributed by atoms with Crippen LogP contribution < -0.4 is 0 Å². The van der Waals surface area contributed by atoms with Crippen molar-refractivity contribution >= 4 is 23.7 Å². The lowest BCUT2D eigenvalue weighted by atomic mass is 10.2. The lowest BCUT2D eigenvalue weighted by Crippen LogP contribution is -2.41. The van der Waals surface area contributed by atoms with Crippen LogP contribution in [0.15, 0.2) is 0 Å². The van der Waals surface area contributed by atoms with Crippen LogP contribution in [0.3, 0.4) is 0 Å². The van der Waals surface area contributed by atoms with Gasteiger partial charge in [0, 0.05) is 0 Å². The summed E-state index contributed by atoms with van der Waals surface area (Å²) in [6.07, 6.45) is 1.56. The van der Waals surface area contributed by atoms with Crippen LogP contribution in [0.2, 0.25) is 0 Å². The van der Waals surface area contributed by atoms with E-state index in [1.165, 1.54) is 6.92 Å². The Morgan fingerprint density at radius 1 is 1.58 bits per heavy atom. The molecule has 70 valence electrons. The molecule has 0 rings (SSSR count). The maximum absolute atomic E-state index is 11.1. The number of carboxylic acids is 1. The minimum atomic E-state index is -1.48. The van der Waals surface area contributed by atoms with Crippen LogP contribution >= 0.6 is 11.8 Å². The van der Waals surface area contributed by atoms with Crippen LogP contribution in [0, 0.1) is 0 Å². The fourth-order valence-electron chi connectivity index (χ4n) is 0.527. The second-order valence-electron chi connectivity index (χ2n) is 2.26. The summed E-state index contributed by atoms with van der Waals surface area (Å²) in [4.78, 5) is 21.8. The van der Waals surface area contributed by atoms with Crippen molar-refractivity contribution in [1.82, 2.24) is 0 Å². The summed E-state index contributed by atoms with van der Waals surface area (Å²) in [6, 6.07) is 0. The Bertz CT molecular complexity index is 192. The summed E-state index contributed by atoms with van der Waals surface area (Å²) in [5.74, 6) is -1.88. The van der Waals surface area contributed by atoms with Crippen molar-refractivity contribution in [2.24, 2.45) is 0 Å². The van der Waals surface area contributed by atoms with Gasteiger partial charge in [0.15, 0.2) is 0 Å². The molecule has 0 spiro atoms. The molecule has 0 amide bonds. The van der Waals surface area contributed by atoms with Gasteiger partial charge in [-0.3, -0.25) is 4.79 Å². The van der Waals surface area contributed by atoms with Crippen molar-refractivity contribution in [3.8, 4) is 0 Å². The molecule has 0 radical (unpaired) electrons. The van der Waals surface area contributed by atoms with Crippen molar-refractivity contribution in [3.05, 3.63) is 0 Å². The zero-order chi connectivity index (χ0) is 9.78. The van der Waals surface area contributed by atoms with E-state index in [0.29, 0.717) is 0 Å². The molecule has 0 aromatic carbocycles. The predicted octanol–water partition coefficient (Wildman–Crippen LogP) is 0.756. The van der Waals surface area contributed by atoms with Gasteiger partial charge in [0.25, 0.3) is 0 Å². The fourth-order valence-corrected chi connectivity index (χ4v) is 0.927. The fraction of sp³-hybridized carbons (Fsp3) is 0.714. The Hall–Kier alpha value is -0.710. The molecule has 0 heterocycles. The first kappa shape index (κ1) is 11.3. The van der Waals surface area contributed by atoms with E-state index < -0.39 is 16.7 Å². The zero-order valence-corrected chi connectivity index (χ0v) is 8.10. The van der Waals surface area contributed by atoms with Gasteiger partial charge in [-0.15, -0.1) is 11.8 Å². The number of rotatable bonds is 4. The Labute approximate surface area is 75.3 Å². The topological polar surface area (TPSA) is 63.6 Å². The highest BCUT2D eigenvalue weighted by atomic mass is 32.2. The van der Waals surface area contributed by atoms with E-state index in [1.54, 1.807) is 13.2 Å². The lowest BCUT2D eigenvalue weighted by molar-refractivity contribution is -0.154. The van der Waals surface area contributed by atoms with Crippen LogP contribution in [-0.2, 0) is 14.3 Å². The molecule has 0 bridgehead atoms. The molecule has 0 aliphatic heterocycles. The highest BCUT2D eigenvalue weighted by Gasteiger charge is 2.42. The first-order valence-corrected chi connectivity index (χ1v) is 4.67. The van der Waals surface area contributed by atoms with Crippen LogP contribution in [0.4, 0.5) is 0 Å². The number of aliphatic carboxylic acids is 1. The average Bonchev–Trinajstić information content (AvgIpc) is 2.03. The number of carboxylic acid groups (broad SMARTS) is 1. The van der Waals surface area contributed by atoms with E-state index in [0.717, 1.165) is 11.8 Å². The van der Waals surface area contributed by atoms with Gasteiger partial charge < -0.3 is 9.84 Å². The van der Waals surface area contributed by atoms with Crippen molar-refractivity contribution < 1.29 is 19.4 Å². The molecule has 0 fully saturated rings. The molecule has 0 aliphatic carbocycles. The first-order chi connectivity index (χ1) is 5.49. The van der Waals surface area contributed by atoms with E-state index >= 15 is 0 Å². The molecule has 5 heteroatoms. The summed E-state index contributed by atoms with van der Waals surface area (Å²) >= 11 is 0.954. The van der Waals surface area contributed by atoms with Crippen molar-refractivity contribution in [2.45, 2.75) is 18.6 Å². The molecule has 4 nitrogen and oxygen atoms in total. The molecule has 1 atom stereocenters. The average molecular weight is 192 g/mol. The van der Waals surface area contributed by atoms with Gasteiger partial charge in [-0.05, 0) is 20.1 Å². The summed E-state index contributed by atoms with van der Waals surface area (Å²) in [7, 11) is 0. The second kappa shape index (κ2) is 4.35. The predicted molar refractivity (Wildman–Crippen MR) is 46.2 cm³/mol. The smallest absolute Gasteiger partial charge is 0.333 e. The third-order valence-electron chi connectivity index (χ3n) is 1.48. The molecule has 0 saturated heterocycles. The summed E-state index contributed by atoms with van der Waals surface area (Å²) in [6.45, 7) is 3.17. The molecule has 0 saturated carbocycles. The third-order valence-corrected chi connectivity index (χ3v) is 2.64. The van der Waals surface area contributed by atoms with Gasteiger partial charge in [0.1, 0.15) is 0 Å². The molecule has 0 aromatic rings. The number of carbonyl (C=O) groups excluding carboxylic acids is 1. The minimum absolute atomic E-state index is 0.197. The third kappa shape index (κ3) is 2.14. The molecule has 1 unspecified atom stereocenters. The number of ether oxygens (including phenoxy) is 1. The maximum Gasteiger partial charge on any atom is 0.333 e. The van der Waals surface area contributed by atoms with Crippen LogP contribution in [0.5, 0.6) is 0 Å². The number of thioether (sulfide) groups is 1. The second-order valence-corrected chi connectivity index (χ2v) is 3.49. The van der Waals surface area contributed by atoms with Gasteiger partial charge in [0.2, 0.25) is 4.75 Å². The van der Waals surface area contributed by atoms with Gasteiger partial charge in [-0.1, -0.05) is 0 Å². The molecular weight excluding hydrogens is 180 g/mol. The normalized spacial score (nSPS) is 14.9. The van der Waals surface area contributed by atoms with E-state index in [1.807, 2.05) is 0 Å². The molecule has 0 aromatic heterocycles. The van der Waals surface area contributed by atoms with Crippen LogP contribution in [0.25, 0.3) is 0 Å². The molecule has 0 aliphatic rings. The van der Waals surface area contributed by atoms with Gasteiger partial charge in [0.05, 0.1) is 6.61 Å². The van der Waals surface area contributed by atoms with Crippen molar-refractivity contribution in [1.29, 1.82) is 0 Å². The summed E-state index contributed by atoms with van der Waals surface area (Å²) in [5, 5.41) is 8.71. The zero-order valence-electron chi connectivity index (χ0n) is 7.29. The number of esters is 1. The standard InChI is InChI=1S/C7H12O4S/c1-4-11-6(10)7(2,12-3)5(8)9/h4H2,1-3H3,(H,8,9). The molecule has 1 N–H and O–H groups in total. The van der Waals surface area contributed by atoms with E-state index in [-0.39, 0.29) is 6.61 Å². The Kier molecular flexibility index (Phi) is 4.09. The van der Waals surface area contributed by atoms with Gasteiger partial charge >= 0.3 is 11.9 Å². The van der Waals surface area contributed by atoms with Gasteiger partial charge in [-0.2, -0.15) is 0 Å².